The number of rotatable bonds is 7. The lowest BCUT2D eigenvalue weighted by molar-refractivity contribution is -0.157. The summed E-state index contributed by atoms with van der Waals surface area (Å²) in [6, 6.07) is 0. The van der Waals surface area contributed by atoms with Gasteiger partial charge in [0.05, 0.1) is 0 Å². The van der Waals surface area contributed by atoms with Gasteiger partial charge >= 0.3 is 5.97 Å². The third-order valence-electron chi connectivity index (χ3n) is 4.17. The van der Waals surface area contributed by atoms with Crippen molar-refractivity contribution in [3.05, 3.63) is 0 Å². The number of unbranched alkanes of at least 4 members (excludes halogenated alkanes) is 2. The first-order valence-corrected chi connectivity index (χ1v) is 7.73. The Kier molecular flexibility index (Phi) is 7.44. The number of hydrogen-bond donors (Lipinski definition) is 0. The second-order valence-electron chi connectivity index (χ2n) is 6.29. The van der Waals surface area contributed by atoms with Crippen LogP contribution in [-0.4, -0.2) is 25.8 Å². The molecule has 0 radical (unpaired) electrons. The number of carbonyl (C=O) groups excluding carboxylic acids is 1. The highest BCUT2D eigenvalue weighted by Crippen LogP contribution is 2.35. The molecule has 2 atom stereocenters. The minimum absolute atomic E-state index is 0.0179. The highest BCUT2D eigenvalue weighted by Gasteiger charge is 2.33. The number of carbonyl (C=O) groups is 1. The molecule has 0 aliphatic heterocycles. The van der Waals surface area contributed by atoms with Gasteiger partial charge in [0.1, 0.15) is 6.10 Å². The summed E-state index contributed by atoms with van der Waals surface area (Å²) in [5.41, 5.74) is 0. The maximum atomic E-state index is 11.9. The summed E-state index contributed by atoms with van der Waals surface area (Å²) < 4.78 is 10.7. The molecule has 0 aromatic heterocycles. The van der Waals surface area contributed by atoms with E-state index in [2.05, 4.69) is 20.8 Å². The van der Waals surface area contributed by atoms with E-state index >= 15 is 0 Å². The molecule has 1 rings (SSSR count). The average Bonchev–Trinajstić information content (AvgIpc) is 2.33. The summed E-state index contributed by atoms with van der Waals surface area (Å²) in [5.74, 6) is 1.73. The van der Waals surface area contributed by atoms with Crippen LogP contribution in [0.25, 0.3) is 0 Å². The van der Waals surface area contributed by atoms with Crippen molar-refractivity contribution in [2.75, 3.05) is 13.7 Å². The third-order valence-corrected chi connectivity index (χ3v) is 4.17. The van der Waals surface area contributed by atoms with Crippen LogP contribution in [0.15, 0.2) is 0 Å². The summed E-state index contributed by atoms with van der Waals surface area (Å²) in [6.45, 7) is 7.50. The molecule has 0 aromatic carbocycles. The van der Waals surface area contributed by atoms with Crippen LogP contribution >= 0.6 is 0 Å². The summed E-state index contributed by atoms with van der Waals surface area (Å²) in [6.07, 6.45) is 6.01. The van der Waals surface area contributed by atoms with Gasteiger partial charge in [0, 0.05) is 20.1 Å². The molecule has 3 heteroatoms. The van der Waals surface area contributed by atoms with E-state index in [9.17, 15) is 4.79 Å². The molecule has 112 valence electrons. The first kappa shape index (κ1) is 16.5. The summed E-state index contributed by atoms with van der Waals surface area (Å²) >= 11 is 0. The molecule has 0 saturated heterocycles. The van der Waals surface area contributed by atoms with Gasteiger partial charge in [-0.05, 0) is 43.4 Å². The molecule has 0 N–H and O–H groups in total. The van der Waals surface area contributed by atoms with E-state index < -0.39 is 0 Å². The minimum Gasteiger partial charge on any atom is -0.462 e. The van der Waals surface area contributed by atoms with Crippen molar-refractivity contribution in [3.8, 4) is 0 Å². The molecule has 0 spiro atoms. The summed E-state index contributed by atoms with van der Waals surface area (Å²) in [7, 11) is 1.71. The lowest BCUT2D eigenvalue weighted by Gasteiger charge is -2.37. The van der Waals surface area contributed by atoms with Crippen LogP contribution in [0.1, 0.15) is 59.3 Å². The Morgan fingerprint density at radius 3 is 2.26 bits per heavy atom. The fraction of sp³-hybridized carbons (Fsp3) is 0.938. The molecule has 1 aliphatic carbocycles. The van der Waals surface area contributed by atoms with Gasteiger partial charge in [0.25, 0.3) is 0 Å². The van der Waals surface area contributed by atoms with Crippen molar-refractivity contribution >= 4 is 5.97 Å². The van der Waals surface area contributed by atoms with Crippen LogP contribution in [0.5, 0.6) is 0 Å². The number of esters is 1. The molecule has 2 unspecified atom stereocenters. The van der Waals surface area contributed by atoms with E-state index in [0.29, 0.717) is 18.3 Å². The zero-order valence-electron chi connectivity index (χ0n) is 13.0. The maximum absolute atomic E-state index is 11.9. The molecular formula is C16H30O3. The van der Waals surface area contributed by atoms with E-state index in [1.165, 1.54) is 12.8 Å². The Morgan fingerprint density at radius 2 is 1.68 bits per heavy atom. The predicted octanol–water partition coefficient (Wildman–Crippen LogP) is 3.81. The smallest absolute Gasteiger partial charge is 0.306 e. The fourth-order valence-corrected chi connectivity index (χ4v) is 3.33. The molecule has 1 aliphatic rings. The quantitative estimate of drug-likeness (QED) is 0.521. The van der Waals surface area contributed by atoms with Crippen molar-refractivity contribution in [2.24, 2.45) is 17.8 Å². The highest BCUT2D eigenvalue weighted by molar-refractivity contribution is 5.69. The van der Waals surface area contributed by atoms with Gasteiger partial charge < -0.3 is 9.47 Å². The van der Waals surface area contributed by atoms with Gasteiger partial charge in [0.2, 0.25) is 0 Å². The molecule has 19 heavy (non-hydrogen) atoms. The van der Waals surface area contributed by atoms with Crippen LogP contribution in [0.3, 0.4) is 0 Å². The van der Waals surface area contributed by atoms with Crippen molar-refractivity contribution in [1.82, 2.24) is 0 Å². The lowest BCUT2D eigenvalue weighted by Crippen LogP contribution is -2.37. The van der Waals surface area contributed by atoms with Crippen molar-refractivity contribution in [1.29, 1.82) is 0 Å². The topological polar surface area (TPSA) is 35.5 Å². The Morgan fingerprint density at radius 1 is 1.05 bits per heavy atom. The maximum Gasteiger partial charge on any atom is 0.306 e. The Balaban J connectivity index is 2.23. The first-order chi connectivity index (χ1) is 9.04. The Labute approximate surface area is 118 Å². The van der Waals surface area contributed by atoms with Crippen molar-refractivity contribution < 1.29 is 14.3 Å². The normalized spacial score (nSPS) is 31.2. The monoisotopic (exact) mass is 270 g/mol. The van der Waals surface area contributed by atoms with Gasteiger partial charge in [0.15, 0.2) is 0 Å². The molecule has 0 amide bonds. The molecule has 1 fully saturated rings. The third kappa shape index (κ3) is 5.94. The fourth-order valence-electron chi connectivity index (χ4n) is 3.33. The number of methoxy groups -OCH3 is 1. The van der Waals surface area contributed by atoms with Crippen LogP contribution in [0, 0.1) is 17.8 Å². The van der Waals surface area contributed by atoms with E-state index in [0.717, 1.165) is 31.8 Å². The predicted molar refractivity (Wildman–Crippen MR) is 77.0 cm³/mol. The van der Waals surface area contributed by atoms with Gasteiger partial charge in [-0.25, -0.2) is 0 Å². The van der Waals surface area contributed by atoms with Crippen molar-refractivity contribution in [3.63, 3.8) is 0 Å². The largest absolute Gasteiger partial charge is 0.462 e. The first-order valence-electron chi connectivity index (χ1n) is 7.73. The van der Waals surface area contributed by atoms with Crippen LogP contribution in [0.2, 0.25) is 0 Å². The van der Waals surface area contributed by atoms with Crippen molar-refractivity contribution in [2.45, 2.75) is 65.4 Å². The van der Waals surface area contributed by atoms with E-state index in [1.54, 1.807) is 7.11 Å². The van der Waals surface area contributed by atoms with Crippen LogP contribution < -0.4 is 0 Å². The van der Waals surface area contributed by atoms with E-state index in [4.69, 9.17) is 9.47 Å². The Hall–Kier alpha value is -0.570. The second kappa shape index (κ2) is 8.57. The summed E-state index contributed by atoms with van der Waals surface area (Å²) in [4.78, 5) is 11.9. The molecule has 0 bridgehead atoms. The molecule has 1 saturated carbocycles. The zero-order chi connectivity index (χ0) is 14.3. The molecular weight excluding hydrogens is 240 g/mol. The van der Waals surface area contributed by atoms with Gasteiger partial charge in [-0.15, -0.1) is 0 Å². The summed E-state index contributed by atoms with van der Waals surface area (Å²) in [5, 5.41) is 0. The van der Waals surface area contributed by atoms with Gasteiger partial charge in [-0.3, -0.25) is 4.79 Å². The highest BCUT2D eigenvalue weighted by atomic mass is 16.5. The lowest BCUT2D eigenvalue weighted by atomic mass is 9.75. The second-order valence-corrected chi connectivity index (χ2v) is 6.29. The Bertz CT molecular complexity index is 253. The van der Waals surface area contributed by atoms with Crippen LogP contribution in [0.4, 0.5) is 0 Å². The van der Waals surface area contributed by atoms with E-state index in [-0.39, 0.29) is 12.1 Å². The standard InChI is InChI=1S/C16H30O3/c1-12-10-13(2)16(14(3)11-12)19-15(17)8-6-5-7-9-18-4/h12-14,16H,5-11H2,1-4H3. The number of ether oxygens (including phenoxy) is 2. The SMILES string of the molecule is COCCCCCC(=O)OC1C(C)CC(C)CC1C. The van der Waals surface area contributed by atoms with Crippen LogP contribution in [-0.2, 0) is 14.3 Å². The molecule has 0 aromatic rings. The van der Waals surface area contributed by atoms with E-state index in [1.807, 2.05) is 0 Å². The minimum atomic E-state index is -0.0179. The molecule has 0 heterocycles. The molecule has 3 nitrogen and oxygen atoms in total. The van der Waals surface area contributed by atoms with Gasteiger partial charge in [-0.2, -0.15) is 0 Å². The average molecular weight is 270 g/mol. The zero-order valence-corrected chi connectivity index (χ0v) is 13.0. The number of hydrogen-bond acceptors (Lipinski definition) is 3. The van der Waals surface area contributed by atoms with Gasteiger partial charge in [-0.1, -0.05) is 27.2 Å².